The zero-order valence-electron chi connectivity index (χ0n) is 14.9. The molecule has 1 aromatic rings. The molecule has 0 amide bonds. The van der Waals surface area contributed by atoms with Crippen molar-refractivity contribution in [2.24, 2.45) is 17.1 Å². The van der Waals surface area contributed by atoms with Crippen LogP contribution in [0.3, 0.4) is 0 Å². The van der Waals surface area contributed by atoms with E-state index in [0.29, 0.717) is 11.3 Å². The highest BCUT2D eigenvalue weighted by molar-refractivity contribution is 5.50. The molecule has 0 aliphatic rings. The molecule has 0 spiro atoms. The lowest BCUT2D eigenvalue weighted by Gasteiger charge is -2.31. The molecule has 2 N–H and O–H groups in total. The minimum Gasteiger partial charge on any atom is -0.324 e. The van der Waals surface area contributed by atoms with Gasteiger partial charge in [0.2, 0.25) is 0 Å². The Hall–Kier alpha value is -0.820. The van der Waals surface area contributed by atoms with E-state index in [2.05, 4.69) is 62.3 Å². The molecule has 0 saturated heterocycles. The van der Waals surface area contributed by atoms with Gasteiger partial charge in [0.25, 0.3) is 0 Å². The first-order valence-corrected chi connectivity index (χ1v) is 7.80. The zero-order chi connectivity index (χ0) is 15.8. The predicted molar refractivity (Wildman–Crippen MR) is 90.3 cm³/mol. The maximum Gasteiger partial charge on any atom is 0.0303 e. The third kappa shape index (κ3) is 3.25. The van der Waals surface area contributed by atoms with Crippen molar-refractivity contribution >= 4 is 0 Å². The Morgan fingerprint density at radius 3 is 1.50 bits per heavy atom. The van der Waals surface area contributed by atoms with E-state index in [0.717, 1.165) is 6.42 Å². The SMILES string of the molecule is Cc1c(C)c(C)c(C(N)CC(C)C(C)(C)C)c(C)c1C. The molecule has 0 aromatic heterocycles. The van der Waals surface area contributed by atoms with Crippen LogP contribution in [0.4, 0.5) is 0 Å². The van der Waals surface area contributed by atoms with Gasteiger partial charge < -0.3 is 5.73 Å². The first-order valence-electron chi connectivity index (χ1n) is 7.80. The molecule has 1 aromatic carbocycles. The Morgan fingerprint density at radius 2 is 1.15 bits per heavy atom. The van der Waals surface area contributed by atoms with Gasteiger partial charge in [-0.3, -0.25) is 0 Å². The van der Waals surface area contributed by atoms with Crippen LogP contribution in [0.15, 0.2) is 0 Å². The summed E-state index contributed by atoms with van der Waals surface area (Å²) in [6.45, 7) is 20.3. The summed E-state index contributed by atoms with van der Waals surface area (Å²) < 4.78 is 0. The highest BCUT2D eigenvalue weighted by Gasteiger charge is 2.25. The maximum absolute atomic E-state index is 6.58. The number of hydrogen-bond acceptors (Lipinski definition) is 1. The van der Waals surface area contributed by atoms with E-state index < -0.39 is 0 Å². The largest absolute Gasteiger partial charge is 0.324 e. The molecule has 0 saturated carbocycles. The smallest absolute Gasteiger partial charge is 0.0303 e. The average Bonchev–Trinajstić information content (AvgIpc) is 2.33. The second-order valence-corrected chi connectivity index (χ2v) is 7.65. The van der Waals surface area contributed by atoms with Gasteiger partial charge in [-0.05, 0) is 85.8 Å². The molecule has 0 aliphatic carbocycles. The molecule has 1 heteroatoms. The fourth-order valence-electron chi connectivity index (χ4n) is 2.94. The summed E-state index contributed by atoms with van der Waals surface area (Å²) in [7, 11) is 0. The minimum absolute atomic E-state index is 0.141. The number of hydrogen-bond donors (Lipinski definition) is 1. The van der Waals surface area contributed by atoms with Crippen molar-refractivity contribution in [1.29, 1.82) is 0 Å². The first-order chi connectivity index (χ1) is 8.98. The molecule has 2 unspecified atom stereocenters. The van der Waals surface area contributed by atoms with E-state index in [4.69, 9.17) is 5.73 Å². The van der Waals surface area contributed by atoms with Crippen molar-refractivity contribution in [2.75, 3.05) is 0 Å². The van der Waals surface area contributed by atoms with E-state index in [-0.39, 0.29) is 6.04 Å². The van der Waals surface area contributed by atoms with Crippen LogP contribution in [-0.2, 0) is 0 Å². The van der Waals surface area contributed by atoms with Gasteiger partial charge >= 0.3 is 0 Å². The molecule has 0 aliphatic heterocycles. The van der Waals surface area contributed by atoms with Crippen LogP contribution in [0.2, 0.25) is 0 Å². The van der Waals surface area contributed by atoms with Crippen LogP contribution < -0.4 is 5.73 Å². The van der Waals surface area contributed by atoms with E-state index in [1.165, 1.54) is 33.4 Å². The fourth-order valence-corrected chi connectivity index (χ4v) is 2.94. The molecule has 1 nitrogen and oxygen atoms in total. The Labute approximate surface area is 126 Å². The lowest BCUT2D eigenvalue weighted by molar-refractivity contribution is 0.233. The predicted octanol–water partition coefficient (Wildman–Crippen LogP) is 5.30. The van der Waals surface area contributed by atoms with Crippen molar-refractivity contribution in [1.82, 2.24) is 0 Å². The average molecular weight is 275 g/mol. The quantitative estimate of drug-likeness (QED) is 0.795. The second-order valence-electron chi connectivity index (χ2n) is 7.65. The lowest BCUT2D eigenvalue weighted by Crippen LogP contribution is -2.24. The highest BCUT2D eigenvalue weighted by Crippen LogP contribution is 2.36. The van der Waals surface area contributed by atoms with Crippen LogP contribution in [-0.4, -0.2) is 0 Å². The molecule has 1 rings (SSSR count). The summed E-state index contributed by atoms with van der Waals surface area (Å²) in [4.78, 5) is 0. The normalized spacial score (nSPS) is 15.3. The zero-order valence-corrected chi connectivity index (χ0v) is 14.9. The van der Waals surface area contributed by atoms with Gasteiger partial charge in [0.1, 0.15) is 0 Å². The summed E-state index contributed by atoms with van der Waals surface area (Å²) in [5.41, 5.74) is 15.3. The molecule has 0 bridgehead atoms. The number of rotatable bonds is 3. The third-order valence-corrected chi connectivity index (χ3v) is 5.51. The molecule has 0 heterocycles. The maximum atomic E-state index is 6.58. The van der Waals surface area contributed by atoms with E-state index in [1.807, 2.05) is 0 Å². The Bertz CT molecular complexity index is 462. The van der Waals surface area contributed by atoms with Crippen molar-refractivity contribution in [3.63, 3.8) is 0 Å². The lowest BCUT2D eigenvalue weighted by atomic mass is 9.76. The fraction of sp³-hybridized carbons (Fsp3) is 0.684. The van der Waals surface area contributed by atoms with Crippen LogP contribution >= 0.6 is 0 Å². The Balaban J connectivity index is 3.21. The van der Waals surface area contributed by atoms with Crippen molar-refractivity contribution in [3.8, 4) is 0 Å². The van der Waals surface area contributed by atoms with Gasteiger partial charge in [0, 0.05) is 6.04 Å². The number of nitrogens with two attached hydrogens (primary N) is 1. The minimum atomic E-state index is 0.141. The first kappa shape index (κ1) is 17.2. The van der Waals surface area contributed by atoms with Crippen molar-refractivity contribution in [3.05, 3.63) is 33.4 Å². The van der Waals surface area contributed by atoms with Crippen LogP contribution in [0, 0.1) is 46.0 Å². The van der Waals surface area contributed by atoms with Gasteiger partial charge in [0.05, 0.1) is 0 Å². The van der Waals surface area contributed by atoms with Gasteiger partial charge in [0.15, 0.2) is 0 Å². The van der Waals surface area contributed by atoms with Crippen LogP contribution in [0.25, 0.3) is 0 Å². The van der Waals surface area contributed by atoms with Crippen molar-refractivity contribution < 1.29 is 0 Å². The van der Waals surface area contributed by atoms with Gasteiger partial charge in [-0.25, -0.2) is 0 Å². The van der Waals surface area contributed by atoms with Gasteiger partial charge in [-0.15, -0.1) is 0 Å². The van der Waals surface area contributed by atoms with E-state index >= 15 is 0 Å². The summed E-state index contributed by atoms with van der Waals surface area (Å²) in [5, 5.41) is 0. The topological polar surface area (TPSA) is 26.0 Å². The summed E-state index contributed by atoms with van der Waals surface area (Å²) in [5.74, 6) is 0.609. The Morgan fingerprint density at radius 1 is 0.800 bits per heavy atom. The molecule has 2 atom stereocenters. The molecule has 20 heavy (non-hydrogen) atoms. The molecule has 0 fully saturated rings. The van der Waals surface area contributed by atoms with Crippen LogP contribution in [0.5, 0.6) is 0 Å². The summed E-state index contributed by atoms with van der Waals surface area (Å²) >= 11 is 0. The van der Waals surface area contributed by atoms with E-state index in [9.17, 15) is 0 Å². The Kier molecular flexibility index (Phi) is 5.08. The monoisotopic (exact) mass is 275 g/mol. The molecular formula is C19H33N. The van der Waals surface area contributed by atoms with E-state index in [1.54, 1.807) is 0 Å². The second kappa shape index (κ2) is 5.89. The highest BCUT2D eigenvalue weighted by atomic mass is 14.6. The number of benzene rings is 1. The third-order valence-electron chi connectivity index (χ3n) is 5.51. The standard InChI is InChI=1S/C19H33N/c1-11(19(7,8)9)10-17(20)18-15(5)13(3)12(2)14(4)16(18)6/h11,17H,10,20H2,1-9H3. The molecular weight excluding hydrogens is 242 g/mol. The van der Waals surface area contributed by atoms with Crippen LogP contribution in [0.1, 0.15) is 73.5 Å². The summed E-state index contributed by atoms with van der Waals surface area (Å²) in [6, 6.07) is 0.141. The van der Waals surface area contributed by atoms with Gasteiger partial charge in [-0.1, -0.05) is 27.7 Å². The van der Waals surface area contributed by atoms with Crippen molar-refractivity contribution in [2.45, 2.75) is 74.8 Å². The van der Waals surface area contributed by atoms with Gasteiger partial charge in [-0.2, -0.15) is 0 Å². The summed E-state index contributed by atoms with van der Waals surface area (Å²) in [6.07, 6.45) is 1.05. The molecule has 114 valence electrons. The molecule has 0 radical (unpaired) electrons.